The molecule has 0 atom stereocenters. The van der Waals surface area contributed by atoms with E-state index in [4.69, 9.17) is 4.74 Å². The van der Waals surface area contributed by atoms with E-state index in [0.29, 0.717) is 37.8 Å². The Morgan fingerprint density at radius 3 is 2.50 bits per heavy atom. The molecular weight excluding hydrogens is 491 g/mol. The van der Waals surface area contributed by atoms with Crippen molar-refractivity contribution in [2.24, 2.45) is 4.99 Å². The number of nitrogens with zero attached hydrogens (tertiary/aromatic N) is 1. The summed E-state index contributed by atoms with van der Waals surface area (Å²) < 4.78 is 5.88. The second kappa shape index (κ2) is 13.8. The zero-order valence-electron chi connectivity index (χ0n) is 18.2. The zero-order chi connectivity index (χ0) is 21.1. The molecule has 1 amide bonds. The molecular formula is C23H33IN4O2. The molecule has 0 saturated heterocycles. The number of rotatable bonds is 9. The first kappa shape index (κ1) is 25.7. The van der Waals surface area contributed by atoms with E-state index in [2.05, 4.69) is 53.0 Å². The topological polar surface area (TPSA) is 74.8 Å². The Bertz CT molecular complexity index is 840. The van der Waals surface area contributed by atoms with Gasteiger partial charge in [-0.2, -0.15) is 0 Å². The molecule has 7 heteroatoms. The van der Waals surface area contributed by atoms with E-state index >= 15 is 0 Å². The minimum atomic E-state index is -0.0594. The van der Waals surface area contributed by atoms with Crippen molar-refractivity contribution in [1.29, 1.82) is 0 Å². The highest BCUT2D eigenvalue weighted by atomic mass is 127. The number of hydrogen-bond acceptors (Lipinski definition) is 3. The number of carbonyl (C=O) groups is 1. The normalized spacial score (nSPS) is 10.7. The fourth-order valence-corrected chi connectivity index (χ4v) is 2.82. The summed E-state index contributed by atoms with van der Waals surface area (Å²) in [4.78, 5) is 16.3. The Kier molecular flexibility index (Phi) is 11.9. The van der Waals surface area contributed by atoms with Gasteiger partial charge < -0.3 is 20.7 Å². The van der Waals surface area contributed by atoms with Gasteiger partial charge in [-0.1, -0.05) is 31.2 Å². The molecule has 3 N–H and O–H groups in total. The van der Waals surface area contributed by atoms with Crippen molar-refractivity contribution in [2.75, 3.05) is 20.2 Å². The van der Waals surface area contributed by atoms with Crippen molar-refractivity contribution in [3.05, 3.63) is 64.7 Å². The summed E-state index contributed by atoms with van der Waals surface area (Å²) in [5, 5.41) is 9.44. The average molecular weight is 524 g/mol. The van der Waals surface area contributed by atoms with E-state index in [0.717, 1.165) is 23.3 Å². The van der Waals surface area contributed by atoms with Crippen molar-refractivity contribution in [1.82, 2.24) is 16.0 Å². The molecule has 30 heavy (non-hydrogen) atoms. The molecule has 2 aromatic rings. The molecule has 0 aromatic heterocycles. The average Bonchev–Trinajstić information content (AvgIpc) is 2.73. The first-order valence-corrected chi connectivity index (χ1v) is 10.1. The lowest BCUT2D eigenvalue weighted by molar-refractivity contribution is 0.0955. The van der Waals surface area contributed by atoms with Crippen LogP contribution in [0, 0.1) is 6.92 Å². The molecule has 0 spiro atoms. The third-order valence-electron chi connectivity index (χ3n) is 4.34. The van der Waals surface area contributed by atoms with Gasteiger partial charge in [-0.05, 0) is 49.6 Å². The van der Waals surface area contributed by atoms with Gasteiger partial charge in [0.15, 0.2) is 5.96 Å². The molecule has 0 fully saturated rings. The predicted molar refractivity (Wildman–Crippen MR) is 134 cm³/mol. The maximum absolute atomic E-state index is 12.0. The SMILES string of the molecule is CCCOc1cc(C)ccc1CNC(=NC)NCc1cccc(C(=O)NCC)c1.I. The summed E-state index contributed by atoms with van der Waals surface area (Å²) in [7, 11) is 1.74. The monoisotopic (exact) mass is 524 g/mol. The zero-order valence-corrected chi connectivity index (χ0v) is 20.6. The van der Waals surface area contributed by atoms with Gasteiger partial charge >= 0.3 is 0 Å². The Morgan fingerprint density at radius 2 is 1.80 bits per heavy atom. The Balaban J connectivity index is 0.00000450. The Labute approximate surface area is 196 Å². The minimum Gasteiger partial charge on any atom is -0.493 e. The van der Waals surface area contributed by atoms with Crippen molar-refractivity contribution in [3.8, 4) is 5.75 Å². The Hall–Kier alpha value is -2.29. The highest BCUT2D eigenvalue weighted by Gasteiger charge is 2.07. The van der Waals surface area contributed by atoms with Gasteiger partial charge in [-0.25, -0.2) is 0 Å². The van der Waals surface area contributed by atoms with E-state index in [1.54, 1.807) is 7.05 Å². The van der Waals surface area contributed by atoms with Crippen LogP contribution in [0.15, 0.2) is 47.5 Å². The number of amides is 1. The summed E-state index contributed by atoms with van der Waals surface area (Å²) in [6, 6.07) is 13.8. The summed E-state index contributed by atoms with van der Waals surface area (Å²) >= 11 is 0. The number of carbonyl (C=O) groups excluding carboxylic acids is 1. The third-order valence-corrected chi connectivity index (χ3v) is 4.34. The minimum absolute atomic E-state index is 0. The van der Waals surface area contributed by atoms with Gasteiger partial charge in [0.25, 0.3) is 5.91 Å². The molecule has 0 aliphatic rings. The summed E-state index contributed by atoms with van der Waals surface area (Å²) in [5.74, 6) is 1.54. The van der Waals surface area contributed by atoms with Gasteiger partial charge in [0.05, 0.1) is 6.61 Å². The molecule has 0 bridgehead atoms. The largest absolute Gasteiger partial charge is 0.493 e. The summed E-state index contributed by atoms with van der Waals surface area (Å²) in [6.07, 6.45) is 0.972. The highest BCUT2D eigenvalue weighted by molar-refractivity contribution is 14.0. The molecule has 2 aromatic carbocycles. The number of aryl methyl sites for hydroxylation is 1. The van der Waals surface area contributed by atoms with E-state index in [1.165, 1.54) is 5.56 Å². The van der Waals surface area contributed by atoms with E-state index in [-0.39, 0.29) is 29.9 Å². The van der Waals surface area contributed by atoms with Crippen molar-refractivity contribution >= 4 is 35.8 Å². The number of halogens is 1. The fraction of sp³-hybridized carbons (Fsp3) is 0.391. The number of ether oxygens (including phenoxy) is 1. The van der Waals surface area contributed by atoms with E-state index in [1.807, 2.05) is 31.2 Å². The van der Waals surface area contributed by atoms with Crippen LogP contribution in [0.2, 0.25) is 0 Å². The van der Waals surface area contributed by atoms with Crippen LogP contribution in [0.5, 0.6) is 5.75 Å². The van der Waals surface area contributed by atoms with Gasteiger partial charge in [-0.15, -0.1) is 24.0 Å². The van der Waals surface area contributed by atoms with E-state index in [9.17, 15) is 4.79 Å². The lowest BCUT2D eigenvalue weighted by atomic mass is 10.1. The molecule has 2 rings (SSSR count). The maximum Gasteiger partial charge on any atom is 0.251 e. The van der Waals surface area contributed by atoms with Crippen molar-refractivity contribution < 1.29 is 9.53 Å². The van der Waals surface area contributed by atoms with Gasteiger partial charge in [0, 0.05) is 37.8 Å². The van der Waals surface area contributed by atoms with Crippen molar-refractivity contribution in [3.63, 3.8) is 0 Å². The van der Waals surface area contributed by atoms with Crippen LogP contribution in [0.25, 0.3) is 0 Å². The van der Waals surface area contributed by atoms with Crippen molar-refractivity contribution in [2.45, 2.75) is 40.3 Å². The second-order valence-electron chi connectivity index (χ2n) is 6.80. The quantitative estimate of drug-likeness (QED) is 0.263. The lowest BCUT2D eigenvalue weighted by Crippen LogP contribution is -2.36. The number of hydrogen-bond donors (Lipinski definition) is 3. The summed E-state index contributed by atoms with van der Waals surface area (Å²) in [5.41, 5.74) is 3.94. The smallest absolute Gasteiger partial charge is 0.251 e. The van der Waals surface area contributed by atoms with Crippen LogP contribution in [-0.4, -0.2) is 32.1 Å². The molecule has 6 nitrogen and oxygen atoms in total. The Morgan fingerprint density at radius 1 is 1.03 bits per heavy atom. The molecule has 0 heterocycles. The van der Waals surface area contributed by atoms with Crippen LogP contribution in [0.4, 0.5) is 0 Å². The first-order chi connectivity index (χ1) is 14.1. The summed E-state index contributed by atoms with van der Waals surface area (Å²) in [6.45, 7) is 8.56. The first-order valence-electron chi connectivity index (χ1n) is 10.1. The van der Waals surface area contributed by atoms with E-state index < -0.39 is 0 Å². The fourth-order valence-electron chi connectivity index (χ4n) is 2.82. The molecule has 0 unspecified atom stereocenters. The standard InChI is InChI=1S/C23H32N4O2.HI/c1-5-12-29-21-13-17(3)10-11-20(21)16-27-23(24-4)26-15-18-8-7-9-19(14-18)22(28)25-6-2;/h7-11,13-14H,5-6,12,15-16H2,1-4H3,(H,25,28)(H2,24,26,27);1H. The number of aliphatic imine (C=N–C) groups is 1. The molecule has 0 saturated carbocycles. The number of nitrogens with one attached hydrogen (secondary N) is 3. The van der Waals surface area contributed by atoms with Crippen LogP contribution < -0.4 is 20.7 Å². The van der Waals surface area contributed by atoms with Gasteiger partial charge in [-0.3, -0.25) is 9.79 Å². The van der Waals surface area contributed by atoms with Gasteiger partial charge in [0.1, 0.15) is 5.75 Å². The third kappa shape index (κ3) is 8.22. The van der Waals surface area contributed by atoms with Crippen LogP contribution in [0.3, 0.4) is 0 Å². The molecule has 0 aliphatic carbocycles. The highest BCUT2D eigenvalue weighted by Crippen LogP contribution is 2.20. The molecule has 0 radical (unpaired) electrons. The number of benzene rings is 2. The lowest BCUT2D eigenvalue weighted by Gasteiger charge is -2.15. The number of guanidine groups is 1. The van der Waals surface area contributed by atoms with Crippen LogP contribution >= 0.6 is 24.0 Å². The van der Waals surface area contributed by atoms with Crippen LogP contribution in [-0.2, 0) is 13.1 Å². The van der Waals surface area contributed by atoms with Gasteiger partial charge in [0.2, 0.25) is 0 Å². The predicted octanol–water partition coefficient (Wildman–Crippen LogP) is 4.02. The molecule has 164 valence electrons. The molecule has 0 aliphatic heterocycles. The second-order valence-corrected chi connectivity index (χ2v) is 6.80. The maximum atomic E-state index is 12.0. The van der Waals surface area contributed by atoms with Crippen LogP contribution in [0.1, 0.15) is 47.3 Å².